The zero-order valence-electron chi connectivity index (χ0n) is 12.6. The summed E-state index contributed by atoms with van der Waals surface area (Å²) in [6.45, 7) is 0.117. The number of aryl methyl sites for hydroxylation is 1. The summed E-state index contributed by atoms with van der Waals surface area (Å²) in [5.41, 5.74) is 1.90. The Labute approximate surface area is 133 Å². The Morgan fingerprint density at radius 2 is 1.83 bits per heavy atom. The van der Waals surface area contributed by atoms with E-state index in [0.717, 1.165) is 17.5 Å². The molecule has 0 unspecified atom stereocenters. The Hall–Kier alpha value is -2.53. The number of rotatable bonds is 5. The van der Waals surface area contributed by atoms with Crippen molar-refractivity contribution in [2.75, 3.05) is 6.61 Å². The number of aliphatic hydroxyl groups excluding tert-OH is 1. The van der Waals surface area contributed by atoms with Gasteiger partial charge in [0.05, 0.1) is 11.0 Å². The van der Waals surface area contributed by atoms with Gasteiger partial charge in [-0.2, -0.15) is 0 Å². The van der Waals surface area contributed by atoms with Crippen LogP contribution in [0.5, 0.6) is 0 Å². The molecule has 0 saturated carbocycles. The number of halogens is 1. The monoisotopic (exact) mass is 312 g/mol. The van der Waals surface area contributed by atoms with Gasteiger partial charge in [0, 0.05) is 18.6 Å². The molecule has 4 nitrogen and oxygen atoms in total. The van der Waals surface area contributed by atoms with Gasteiger partial charge in [-0.3, -0.25) is 9.36 Å². The SMILES string of the molecule is O=C(c1ccc(F)cc1)n1c(CCCCO)nc2ccccc21. The van der Waals surface area contributed by atoms with E-state index in [1.807, 2.05) is 24.3 Å². The standard InChI is InChI=1S/C18H17FN2O2/c19-14-10-8-13(9-11-14)18(23)21-16-6-2-1-5-15(16)20-17(21)7-3-4-12-22/h1-2,5-6,8-11,22H,3-4,7,12H2. The minimum atomic E-state index is -0.375. The molecule has 3 rings (SSSR count). The van der Waals surface area contributed by atoms with Crippen molar-refractivity contribution in [2.24, 2.45) is 0 Å². The molecular weight excluding hydrogens is 295 g/mol. The maximum absolute atomic E-state index is 13.1. The third kappa shape index (κ3) is 3.14. The molecule has 1 heterocycles. The van der Waals surface area contributed by atoms with Crippen molar-refractivity contribution in [3.05, 3.63) is 65.7 Å². The molecule has 0 bridgehead atoms. The van der Waals surface area contributed by atoms with Crippen molar-refractivity contribution in [1.82, 2.24) is 9.55 Å². The second-order valence-corrected chi connectivity index (χ2v) is 5.34. The lowest BCUT2D eigenvalue weighted by Gasteiger charge is -2.08. The lowest BCUT2D eigenvalue weighted by molar-refractivity contribution is 0.0961. The number of carbonyl (C=O) groups is 1. The van der Waals surface area contributed by atoms with E-state index in [0.29, 0.717) is 24.2 Å². The molecule has 0 saturated heterocycles. The molecule has 1 aromatic heterocycles. The molecule has 0 fully saturated rings. The van der Waals surface area contributed by atoms with Crippen LogP contribution in [0.3, 0.4) is 0 Å². The number of hydrogen-bond donors (Lipinski definition) is 1. The Kier molecular flexibility index (Phi) is 4.48. The number of unbranched alkanes of at least 4 members (excludes halogenated alkanes) is 1. The highest BCUT2D eigenvalue weighted by atomic mass is 19.1. The summed E-state index contributed by atoms with van der Waals surface area (Å²) < 4.78 is 14.7. The van der Waals surface area contributed by atoms with Gasteiger partial charge in [-0.25, -0.2) is 9.37 Å². The summed E-state index contributed by atoms with van der Waals surface area (Å²) in [7, 11) is 0. The zero-order valence-corrected chi connectivity index (χ0v) is 12.6. The van der Waals surface area contributed by atoms with Gasteiger partial charge < -0.3 is 5.11 Å². The van der Waals surface area contributed by atoms with Crippen molar-refractivity contribution in [1.29, 1.82) is 0 Å². The molecule has 118 valence electrons. The van der Waals surface area contributed by atoms with Crippen LogP contribution >= 0.6 is 0 Å². The molecular formula is C18H17FN2O2. The number of carbonyl (C=O) groups excluding carboxylic acids is 1. The molecule has 5 heteroatoms. The second-order valence-electron chi connectivity index (χ2n) is 5.34. The summed E-state index contributed by atoms with van der Waals surface area (Å²) in [6.07, 6.45) is 2.01. The molecule has 2 aromatic carbocycles. The molecule has 0 aliphatic heterocycles. The molecule has 23 heavy (non-hydrogen) atoms. The lowest BCUT2D eigenvalue weighted by Crippen LogP contribution is -2.15. The fraction of sp³-hybridized carbons (Fsp3) is 0.222. The van der Waals surface area contributed by atoms with E-state index in [9.17, 15) is 9.18 Å². The van der Waals surface area contributed by atoms with Crippen LogP contribution in [0, 0.1) is 5.82 Å². The fourth-order valence-electron chi connectivity index (χ4n) is 2.59. The Bertz CT molecular complexity index is 825. The van der Waals surface area contributed by atoms with Gasteiger partial charge in [0.15, 0.2) is 0 Å². The number of nitrogens with zero attached hydrogens (tertiary/aromatic N) is 2. The van der Waals surface area contributed by atoms with Crippen molar-refractivity contribution in [3.8, 4) is 0 Å². The topological polar surface area (TPSA) is 55.1 Å². The summed E-state index contributed by atoms with van der Waals surface area (Å²) in [4.78, 5) is 17.4. The molecule has 3 aromatic rings. The number of aliphatic hydroxyl groups is 1. The summed E-state index contributed by atoms with van der Waals surface area (Å²) in [6, 6.07) is 12.9. The molecule has 1 N–H and O–H groups in total. The first-order valence-electron chi connectivity index (χ1n) is 7.58. The second kappa shape index (κ2) is 6.71. The van der Waals surface area contributed by atoms with Crippen molar-refractivity contribution in [3.63, 3.8) is 0 Å². The number of benzene rings is 2. The quantitative estimate of drug-likeness (QED) is 0.736. The highest BCUT2D eigenvalue weighted by molar-refractivity contribution is 6.01. The largest absolute Gasteiger partial charge is 0.396 e. The first-order valence-corrected chi connectivity index (χ1v) is 7.58. The van der Waals surface area contributed by atoms with Gasteiger partial charge >= 0.3 is 0 Å². The summed E-state index contributed by atoms with van der Waals surface area (Å²) >= 11 is 0. The van der Waals surface area contributed by atoms with E-state index >= 15 is 0 Å². The van der Waals surface area contributed by atoms with Crippen LogP contribution in [0.4, 0.5) is 4.39 Å². The lowest BCUT2D eigenvalue weighted by atomic mass is 10.2. The van der Waals surface area contributed by atoms with E-state index in [4.69, 9.17) is 5.11 Å². The van der Waals surface area contributed by atoms with Crippen molar-refractivity contribution >= 4 is 16.9 Å². The smallest absolute Gasteiger partial charge is 0.263 e. The van der Waals surface area contributed by atoms with E-state index in [1.165, 1.54) is 24.3 Å². The van der Waals surface area contributed by atoms with Gasteiger partial charge in [0.2, 0.25) is 0 Å². The van der Waals surface area contributed by atoms with Crippen LogP contribution in [-0.4, -0.2) is 27.2 Å². The first kappa shape index (κ1) is 15.4. The summed E-state index contributed by atoms with van der Waals surface area (Å²) in [5.74, 6) is 0.0619. The number of imidazole rings is 1. The van der Waals surface area contributed by atoms with Gasteiger partial charge in [0.1, 0.15) is 11.6 Å². The summed E-state index contributed by atoms with van der Waals surface area (Å²) in [5, 5.41) is 8.94. The molecule has 0 amide bonds. The van der Waals surface area contributed by atoms with Crippen LogP contribution in [0.1, 0.15) is 29.0 Å². The van der Waals surface area contributed by atoms with Crippen LogP contribution in [0.25, 0.3) is 11.0 Å². The molecule has 0 aliphatic carbocycles. The van der Waals surface area contributed by atoms with Crippen LogP contribution in [0.2, 0.25) is 0 Å². The minimum Gasteiger partial charge on any atom is -0.396 e. The zero-order chi connectivity index (χ0) is 16.2. The molecule has 0 spiro atoms. The van der Waals surface area contributed by atoms with E-state index in [-0.39, 0.29) is 18.3 Å². The normalized spacial score (nSPS) is 11.0. The Morgan fingerprint density at radius 3 is 2.57 bits per heavy atom. The van der Waals surface area contributed by atoms with Gasteiger partial charge in [0.25, 0.3) is 5.91 Å². The van der Waals surface area contributed by atoms with E-state index < -0.39 is 0 Å². The predicted molar refractivity (Wildman–Crippen MR) is 85.9 cm³/mol. The Balaban J connectivity index is 2.04. The van der Waals surface area contributed by atoms with Crippen LogP contribution < -0.4 is 0 Å². The number of para-hydroxylation sites is 2. The number of aromatic nitrogens is 2. The third-order valence-corrected chi connectivity index (χ3v) is 3.73. The molecule has 0 aliphatic rings. The van der Waals surface area contributed by atoms with Crippen molar-refractivity contribution in [2.45, 2.75) is 19.3 Å². The molecule has 0 atom stereocenters. The predicted octanol–water partition coefficient (Wildman–Crippen LogP) is 3.18. The Morgan fingerprint density at radius 1 is 1.09 bits per heavy atom. The van der Waals surface area contributed by atoms with E-state index in [1.54, 1.807) is 4.57 Å². The van der Waals surface area contributed by atoms with Gasteiger partial charge in [-0.05, 0) is 49.2 Å². The fourth-order valence-corrected chi connectivity index (χ4v) is 2.59. The highest BCUT2D eigenvalue weighted by Crippen LogP contribution is 2.19. The highest BCUT2D eigenvalue weighted by Gasteiger charge is 2.17. The van der Waals surface area contributed by atoms with E-state index in [2.05, 4.69) is 4.98 Å². The van der Waals surface area contributed by atoms with Gasteiger partial charge in [-0.1, -0.05) is 12.1 Å². The van der Waals surface area contributed by atoms with Crippen LogP contribution in [-0.2, 0) is 6.42 Å². The average molecular weight is 312 g/mol. The third-order valence-electron chi connectivity index (χ3n) is 3.73. The first-order chi connectivity index (χ1) is 11.2. The van der Waals surface area contributed by atoms with Crippen molar-refractivity contribution < 1.29 is 14.3 Å². The number of hydrogen-bond acceptors (Lipinski definition) is 3. The maximum Gasteiger partial charge on any atom is 0.263 e. The van der Waals surface area contributed by atoms with Gasteiger partial charge in [-0.15, -0.1) is 0 Å². The van der Waals surface area contributed by atoms with Crippen LogP contribution in [0.15, 0.2) is 48.5 Å². The minimum absolute atomic E-state index is 0.117. The number of fused-ring (bicyclic) bond motifs is 1. The average Bonchev–Trinajstić information content (AvgIpc) is 2.93. The molecule has 0 radical (unpaired) electrons. The maximum atomic E-state index is 13.1.